The topological polar surface area (TPSA) is 35.6 Å². The third-order valence-electron chi connectivity index (χ3n) is 5.33. The minimum atomic E-state index is -0.184. The molecular weight excluding hydrogens is 322 g/mol. The van der Waals surface area contributed by atoms with Crippen LogP contribution in [-0.2, 0) is 4.79 Å². The second-order valence-corrected chi connectivity index (χ2v) is 7.46. The van der Waals surface area contributed by atoms with Crippen LogP contribution in [0, 0.1) is 6.92 Å². The summed E-state index contributed by atoms with van der Waals surface area (Å²) in [4.78, 5) is 17.7. The predicted molar refractivity (Wildman–Crippen MR) is 105 cm³/mol. The number of benzene rings is 2. The molecule has 1 aliphatic carbocycles. The molecule has 1 aliphatic heterocycles. The molecule has 1 N–H and O–H groups in total. The van der Waals surface area contributed by atoms with Crippen LogP contribution in [0.4, 0.5) is 5.69 Å². The van der Waals surface area contributed by atoms with Crippen LogP contribution < -0.4 is 10.2 Å². The summed E-state index contributed by atoms with van der Waals surface area (Å²) < 4.78 is 0. The molecule has 2 aromatic rings. The van der Waals surface area contributed by atoms with Crippen molar-refractivity contribution in [3.63, 3.8) is 0 Å². The van der Waals surface area contributed by atoms with Crippen molar-refractivity contribution in [1.82, 2.24) is 10.2 Å². The van der Waals surface area contributed by atoms with Crippen molar-refractivity contribution < 1.29 is 4.79 Å². The Hall–Kier alpha value is -2.33. The summed E-state index contributed by atoms with van der Waals surface area (Å²) in [6.45, 7) is 5.82. The number of piperazine rings is 1. The van der Waals surface area contributed by atoms with E-state index < -0.39 is 0 Å². The fraction of sp³-hybridized carbons (Fsp3) is 0.409. The minimum absolute atomic E-state index is 0.155. The van der Waals surface area contributed by atoms with E-state index in [1.165, 1.54) is 11.3 Å². The molecule has 4 nitrogen and oxygen atoms in total. The molecule has 0 bridgehead atoms. The Kier molecular flexibility index (Phi) is 4.93. The molecule has 26 heavy (non-hydrogen) atoms. The van der Waals surface area contributed by atoms with Gasteiger partial charge in [0.15, 0.2) is 0 Å². The number of carbonyl (C=O) groups excluding carboxylic acids is 1. The molecule has 0 radical (unpaired) electrons. The van der Waals surface area contributed by atoms with Crippen molar-refractivity contribution in [2.45, 2.75) is 31.8 Å². The van der Waals surface area contributed by atoms with Gasteiger partial charge in [-0.3, -0.25) is 9.69 Å². The van der Waals surface area contributed by atoms with Gasteiger partial charge < -0.3 is 10.2 Å². The number of hydrogen-bond donors (Lipinski definition) is 1. The van der Waals surface area contributed by atoms with Gasteiger partial charge in [0, 0.05) is 37.9 Å². The molecule has 1 saturated heterocycles. The fourth-order valence-electron chi connectivity index (χ4n) is 3.73. The lowest BCUT2D eigenvalue weighted by atomic mass is 10.0. The molecule has 1 saturated carbocycles. The average Bonchev–Trinajstić information content (AvgIpc) is 3.47. The predicted octanol–water partition coefficient (Wildman–Crippen LogP) is 3.14. The first kappa shape index (κ1) is 17.1. The maximum absolute atomic E-state index is 12.9. The lowest BCUT2D eigenvalue weighted by Crippen LogP contribution is -2.51. The summed E-state index contributed by atoms with van der Waals surface area (Å²) in [5, 5.41) is 3.21. The van der Waals surface area contributed by atoms with Gasteiger partial charge in [-0.25, -0.2) is 0 Å². The van der Waals surface area contributed by atoms with E-state index in [4.69, 9.17) is 0 Å². The summed E-state index contributed by atoms with van der Waals surface area (Å²) in [6, 6.07) is 19.1. The van der Waals surface area contributed by atoms with Crippen LogP contribution >= 0.6 is 0 Å². The van der Waals surface area contributed by atoms with E-state index in [0.717, 1.165) is 44.6 Å². The SMILES string of the molecule is Cc1cccc(N2CCN(C(C(=O)NC3CC3)c3ccccc3)CC2)c1. The van der Waals surface area contributed by atoms with Crippen LogP contribution in [0.25, 0.3) is 0 Å². The maximum Gasteiger partial charge on any atom is 0.242 e. The lowest BCUT2D eigenvalue weighted by Gasteiger charge is -2.40. The van der Waals surface area contributed by atoms with Crippen molar-refractivity contribution in [3.05, 3.63) is 65.7 Å². The summed E-state index contributed by atoms with van der Waals surface area (Å²) >= 11 is 0. The van der Waals surface area contributed by atoms with E-state index in [2.05, 4.69) is 58.4 Å². The van der Waals surface area contributed by atoms with Gasteiger partial charge in [0.2, 0.25) is 5.91 Å². The maximum atomic E-state index is 12.9. The van der Waals surface area contributed by atoms with Gasteiger partial charge in [-0.15, -0.1) is 0 Å². The zero-order valence-corrected chi connectivity index (χ0v) is 15.4. The van der Waals surface area contributed by atoms with E-state index in [1.54, 1.807) is 0 Å². The van der Waals surface area contributed by atoms with Gasteiger partial charge in [-0.1, -0.05) is 42.5 Å². The molecule has 2 aliphatic rings. The van der Waals surface area contributed by atoms with Crippen LogP contribution in [0.5, 0.6) is 0 Å². The number of rotatable bonds is 5. The Labute approximate surface area is 155 Å². The van der Waals surface area contributed by atoms with Crippen LogP contribution in [-0.4, -0.2) is 43.0 Å². The first-order chi connectivity index (χ1) is 12.7. The number of aryl methyl sites for hydroxylation is 1. The van der Waals surface area contributed by atoms with E-state index >= 15 is 0 Å². The highest BCUT2D eigenvalue weighted by Gasteiger charge is 2.33. The summed E-state index contributed by atoms with van der Waals surface area (Å²) in [5.41, 5.74) is 3.66. The molecule has 1 atom stereocenters. The van der Waals surface area contributed by atoms with E-state index in [0.29, 0.717) is 6.04 Å². The Bertz CT molecular complexity index is 749. The third kappa shape index (κ3) is 3.91. The molecular formula is C22H27N3O. The second-order valence-electron chi connectivity index (χ2n) is 7.46. The zero-order chi connectivity index (χ0) is 17.9. The number of amides is 1. The van der Waals surface area contributed by atoms with Crippen molar-refractivity contribution in [2.75, 3.05) is 31.1 Å². The van der Waals surface area contributed by atoms with Crippen molar-refractivity contribution in [2.24, 2.45) is 0 Å². The van der Waals surface area contributed by atoms with Gasteiger partial charge >= 0.3 is 0 Å². The van der Waals surface area contributed by atoms with Crippen LogP contribution in [0.3, 0.4) is 0 Å². The van der Waals surface area contributed by atoms with Crippen LogP contribution in [0.1, 0.15) is 30.0 Å². The standard InChI is InChI=1S/C22H27N3O/c1-17-6-5-9-20(16-17)24-12-14-25(15-13-24)21(18-7-3-2-4-8-18)22(26)23-19-10-11-19/h2-9,16,19,21H,10-15H2,1H3,(H,23,26). The summed E-state index contributed by atoms with van der Waals surface area (Å²) in [6.07, 6.45) is 2.24. The zero-order valence-electron chi connectivity index (χ0n) is 15.4. The number of nitrogens with zero attached hydrogens (tertiary/aromatic N) is 2. The fourth-order valence-corrected chi connectivity index (χ4v) is 3.73. The monoisotopic (exact) mass is 349 g/mol. The highest BCUT2D eigenvalue weighted by atomic mass is 16.2. The number of anilines is 1. The molecule has 0 spiro atoms. The average molecular weight is 349 g/mol. The molecule has 1 amide bonds. The minimum Gasteiger partial charge on any atom is -0.369 e. The summed E-state index contributed by atoms with van der Waals surface area (Å²) in [7, 11) is 0. The Morgan fingerprint density at radius 2 is 1.73 bits per heavy atom. The molecule has 2 aromatic carbocycles. The Morgan fingerprint density at radius 3 is 2.38 bits per heavy atom. The Balaban J connectivity index is 1.47. The number of nitrogens with one attached hydrogen (secondary N) is 1. The highest BCUT2D eigenvalue weighted by Crippen LogP contribution is 2.27. The van der Waals surface area contributed by atoms with Gasteiger partial charge in [-0.2, -0.15) is 0 Å². The van der Waals surface area contributed by atoms with E-state index in [-0.39, 0.29) is 11.9 Å². The van der Waals surface area contributed by atoms with Crippen molar-refractivity contribution >= 4 is 11.6 Å². The second kappa shape index (κ2) is 7.50. The molecule has 2 fully saturated rings. The Morgan fingerprint density at radius 1 is 1.00 bits per heavy atom. The summed E-state index contributed by atoms with van der Waals surface area (Å²) in [5.74, 6) is 0.155. The van der Waals surface area contributed by atoms with Gasteiger partial charge in [-0.05, 0) is 43.0 Å². The molecule has 1 unspecified atom stereocenters. The van der Waals surface area contributed by atoms with Crippen LogP contribution in [0.2, 0.25) is 0 Å². The number of hydrogen-bond acceptors (Lipinski definition) is 3. The van der Waals surface area contributed by atoms with Gasteiger partial charge in [0.05, 0.1) is 0 Å². The quantitative estimate of drug-likeness (QED) is 0.901. The van der Waals surface area contributed by atoms with E-state index in [1.807, 2.05) is 18.2 Å². The normalized spacial score (nSPS) is 19.2. The van der Waals surface area contributed by atoms with Gasteiger partial charge in [0.25, 0.3) is 0 Å². The van der Waals surface area contributed by atoms with Crippen molar-refractivity contribution in [1.29, 1.82) is 0 Å². The largest absolute Gasteiger partial charge is 0.369 e. The molecule has 4 heteroatoms. The number of carbonyl (C=O) groups is 1. The molecule has 4 rings (SSSR count). The van der Waals surface area contributed by atoms with Crippen LogP contribution in [0.15, 0.2) is 54.6 Å². The van der Waals surface area contributed by atoms with Crippen molar-refractivity contribution in [3.8, 4) is 0 Å². The smallest absolute Gasteiger partial charge is 0.242 e. The first-order valence-corrected chi connectivity index (χ1v) is 9.62. The van der Waals surface area contributed by atoms with Gasteiger partial charge in [0.1, 0.15) is 6.04 Å². The first-order valence-electron chi connectivity index (χ1n) is 9.62. The van der Waals surface area contributed by atoms with E-state index in [9.17, 15) is 4.79 Å². The molecule has 1 heterocycles. The lowest BCUT2D eigenvalue weighted by molar-refractivity contribution is -0.127. The molecule has 0 aromatic heterocycles. The highest BCUT2D eigenvalue weighted by molar-refractivity contribution is 5.83. The third-order valence-corrected chi connectivity index (χ3v) is 5.33. The molecule has 136 valence electrons.